The zero-order valence-electron chi connectivity index (χ0n) is 19.9. The van der Waals surface area contributed by atoms with Gasteiger partial charge < -0.3 is 26.0 Å². The lowest BCUT2D eigenvalue weighted by Gasteiger charge is -2.32. The van der Waals surface area contributed by atoms with E-state index in [9.17, 15) is 9.59 Å². The quantitative estimate of drug-likeness (QED) is 0.546. The van der Waals surface area contributed by atoms with Crippen molar-refractivity contribution in [2.24, 2.45) is 11.7 Å². The van der Waals surface area contributed by atoms with Crippen molar-refractivity contribution in [3.8, 4) is 0 Å². The molecule has 0 unspecified atom stereocenters. The minimum Gasteiger partial charge on any atom is -0.384 e. The molecule has 3 heterocycles. The molecule has 4 N–H and O–H groups in total. The Morgan fingerprint density at radius 1 is 1.12 bits per heavy atom. The van der Waals surface area contributed by atoms with Crippen LogP contribution in [0.25, 0.3) is 0 Å². The summed E-state index contributed by atoms with van der Waals surface area (Å²) in [6.45, 7) is 5.91. The number of pyridine rings is 1. The summed E-state index contributed by atoms with van der Waals surface area (Å²) in [5.41, 5.74) is 8.88. The second kappa shape index (κ2) is 11.3. The highest BCUT2D eigenvalue weighted by Crippen LogP contribution is 2.30. The Hall–Kier alpha value is -3.13. The highest BCUT2D eigenvalue weighted by atomic mass is 16.5. The molecule has 0 radical (unpaired) electrons. The predicted molar refractivity (Wildman–Crippen MR) is 133 cm³/mol. The molecule has 34 heavy (non-hydrogen) atoms. The molecule has 8 heteroatoms. The van der Waals surface area contributed by atoms with E-state index in [1.54, 1.807) is 0 Å². The molecule has 0 aliphatic carbocycles. The Balaban J connectivity index is 1.38. The number of benzene rings is 1. The van der Waals surface area contributed by atoms with E-state index in [1.807, 2.05) is 17.9 Å². The Morgan fingerprint density at radius 2 is 1.82 bits per heavy atom. The number of carbonyl (C=O) groups excluding carboxylic acids is 2. The summed E-state index contributed by atoms with van der Waals surface area (Å²) in [5.74, 6) is 1.39. The van der Waals surface area contributed by atoms with Gasteiger partial charge in [0.2, 0.25) is 5.91 Å². The van der Waals surface area contributed by atoms with E-state index in [0.717, 1.165) is 64.2 Å². The van der Waals surface area contributed by atoms with Gasteiger partial charge in [-0.25, -0.2) is 4.98 Å². The molecule has 0 bridgehead atoms. The molecule has 2 aliphatic heterocycles. The van der Waals surface area contributed by atoms with Crippen LogP contribution in [0.4, 0.5) is 17.2 Å². The summed E-state index contributed by atoms with van der Waals surface area (Å²) in [7, 11) is 0. The minimum atomic E-state index is -0.496. The number of amides is 2. The van der Waals surface area contributed by atoms with Crippen molar-refractivity contribution in [3.05, 3.63) is 47.7 Å². The maximum absolute atomic E-state index is 11.9. The molecule has 1 aromatic carbocycles. The second-order valence-corrected chi connectivity index (χ2v) is 9.17. The first-order valence-electron chi connectivity index (χ1n) is 12.3. The van der Waals surface area contributed by atoms with E-state index in [4.69, 9.17) is 10.5 Å². The number of nitrogens with one attached hydrogen (secondary N) is 2. The van der Waals surface area contributed by atoms with Crippen LogP contribution in [0.1, 0.15) is 60.9 Å². The van der Waals surface area contributed by atoms with Crippen molar-refractivity contribution >= 4 is 29.0 Å². The number of primary amides is 1. The lowest BCUT2D eigenvalue weighted by atomic mass is 9.89. The number of ether oxygens (including phenoxy) is 1. The Labute approximate surface area is 201 Å². The number of carbonyl (C=O) groups is 2. The van der Waals surface area contributed by atoms with Crippen LogP contribution >= 0.6 is 0 Å². The van der Waals surface area contributed by atoms with Crippen LogP contribution in [0.2, 0.25) is 0 Å². The van der Waals surface area contributed by atoms with E-state index < -0.39 is 5.91 Å². The van der Waals surface area contributed by atoms with E-state index in [1.165, 1.54) is 11.8 Å². The molecular formula is C26H35N5O3. The van der Waals surface area contributed by atoms with Gasteiger partial charge in [0.25, 0.3) is 5.91 Å². The lowest BCUT2D eigenvalue weighted by Crippen LogP contribution is -2.37. The summed E-state index contributed by atoms with van der Waals surface area (Å²) < 4.78 is 5.43. The monoisotopic (exact) mass is 465 g/mol. The lowest BCUT2D eigenvalue weighted by molar-refractivity contribution is -0.131. The third-order valence-corrected chi connectivity index (χ3v) is 6.90. The van der Waals surface area contributed by atoms with Gasteiger partial charge in [0.15, 0.2) is 0 Å². The first kappa shape index (κ1) is 24.0. The standard InChI is InChI=1S/C26H35N5O3/c1-2-25(32)31-11-7-20(8-12-31)19-3-5-21(6-4-19)30-24-15-23(22(17-29-24)26(27)33)28-16-18-9-13-34-14-10-18/h3-6,15,17-18,20H,2,7-14,16H2,1H3,(H2,27,33)(H2,28,29,30). The smallest absolute Gasteiger partial charge is 0.252 e. The maximum atomic E-state index is 11.9. The molecule has 182 valence electrons. The summed E-state index contributed by atoms with van der Waals surface area (Å²) in [4.78, 5) is 30.2. The van der Waals surface area contributed by atoms with Crippen LogP contribution in [0.3, 0.4) is 0 Å². The molecule has 0 spiro atoms. The van der Waals surface area contributed by atoms with Crippen molar-refractivity contribution in [3.63, 3.8) is 0 Å². The minimum absolute atomic E-state index is 0.245. The maximum Gasteiger partial charge on any atom is 0.252 e. The van der Waals surface area contributed by atoms with E-state index >= 15 is 0 Å². The second-order valence-electron chi connectivity index (χ2n) is 9.17. The van der Waals surface area contributed by atoms with Gasteiger partial charge in [-0.2, -0.15) is 0 Å². The average molecular weight is 466 g/mol. The number of nitrogens with zero attached hydrogens (tertiary/aromatic N) is 2. The number of likely N-dealkylation sites (tertiary alicyclic amines) is 1. The number of nitrogens with two attached hydrogens (primary N) is 1. The molecular weight excluding hydrogens is 430 g/mol. The fraction of sp³-hybridized carbons (Fsp3) is 0.500. The molecule has 1 aromatic heterocycles. The SMILES string of the molecule is CCC(=O)N1CCC(c2ccc(Nc3cc(NCC4CCOCC4)c(C(N)=O)cn3)cc2)CC1. The number of hydrogen-bond donors (Lipinski definition) is 3. The molecule has 0 atom stereocenters. The van der Waals surface area contributed by atoms with Crippen LogP contribution in [0.15, 0.2) is 36.5 Å². The van der Waals surface area contributed by atoms with Crippen LogP contribution in [0.5, 0.6) is 0 Å². The van der Waals surface area contributed by atoms with E-state index in [-0.39, 0.29) is 5.91 Å². The van der Waals surface area contributed by atoms with Gasteiger partial charge in [-0.05, 0) is 55.2 Å². The summed E-state index contributed by atoms with van der Waals surface area (Å²) in [6, 6.07) is 10.2. The summed E-state index contributed by atoms with van der Waals surface area (Å²) >= 11 is 0. The van der Waals surface area contributed by atoms with Crippen LogP contribution in [0, 0.1) is 5.92 Å². The summed E-state index contributed by atoms with van der Waals surface area (Å²) in [6.07, 6.45) is 6.11. The number of piperidine rings is 1. The average Bonchev–Trinajstić information content (AvgIpc) is 2.88. The zero-order chi connectivity index (χ0) is 23.9. The highest BCUT2D eigenvalue weighted by molar-refractivity contribution is 5.98. The first-order chi connectivity index (χ1) is 16.5. The Kier molecular flexibility index (Phi) is 8.00. The van der Waals surface area contributed by atoms with Gasteiger partial charge in [0, 0.05) is 57.2 Å². The van der Waals surface area contributed by atoms with Crippen LogP contribution in [-0.2, 0) is 9.53 Å². The van der Waals surface area contributed by atoms with Crippen molar-refractivity contribution in [2.45, 2.75) is 44.9 Å². The van der Waals surface area contributed by atoms with Crippen molar-refractivity contribution < 1.29 is 14.3 Å². The molecule has 8 nitrogen and oxygen atoms in total. The van der Waals surface area contributed by atoms with Crippen molar-refractivity contribution in [1.29, 1.82) is 0 Å². The Bertz CT molecular complexity index is 980. The molecule has 2 aliphatic rings. The molecule has 2 saturated heterocycles. The van der Waals surface area contributed by atoms with Crippen molar-refractivity contribution in [1.82, 2.24) is 9.88 Å². The molecule has 0 saturated carbocycles. The number of aromatic nitrogens is 1. The predicted octanol–water partition coefficient (Wildman–Crippen LogP) is 3.88. The van der Waals surface area contributed by atoms with Gasteiger partial charge in [0.1, 0.15) is 5.82 Å². The van der Waals surface area contributed by atoms with E-state index in [0.29, 0.717) is 35.3 Å². The Morgan fingerprint density at radius 3 is 2.47 bits per heavy atom. The normalized spacial score (nSPS) is 17.4. The van der Waals surface area contributed by atoms with E-state index in [2.05, 4.69) is 39.9 Å². The zero-order valence-corrected chi connectivity index (χ0v) is 19.9. The molecule has 4 rings (SSSR count). The summed E-state index contributed by atoms with van der Waals surface area (Å²) in [5, 5.41) is 6.73. The number of anilines is 3. The largest absolute Gasteiger partial charge is 0.384 e. The number of hydrogen-bond acceptors (Lipinski definition) is 6. The van der Waals surface area contributed by atoms with Gasteiger partial charge in [0.05, 0.1) is 11.3 Å². The van der Waals surface area contributed by atoms with Gasteiger partial charge >= 0.3 is 0 Å². The fourth-order valence-corrected chi connectivity index (χ4v) is 4.74. The first-order valence-corrected chi connectivity index (χ1v) is 12.3. The highest BCUT2D eigenvalue weighted by Gasteiger charge is 2.23. The molecule has 2 fully saturated rings. The van der Waals surface area contributed by atoms with Gasteiger partial charge in [-0.3, -0.25) is 9.59 Å². The van der Waals surface area contributed by atoms with Gasteiger partial charge in [-0.1, -0.05) is 19.1 Å². The number of rotatable bonds is 8. The molecule has 2 amide bonds. The van der Waals surface area contributed by atoms with Crippen LogP contribution < -0.4 is 16.4 Å². The topological polar surface area (TPSA) is 110 Å². The van der Waals surface area contributed by atoms with Crippen molar-refractivity contribution in [2.75, 3.05) is 43.5 Å². The van der Waals surface area contributed by atoms with Gasteiger partial charge in [-0.15, -0.1) is 0 Å². The van der Waals surface area contributed by atoms with Crippen LogP contribution in [-0.4, -0.2) is 54.5 Å². The molecule has 2 aromatic rings. The fourth-order valence-electron chi connectivity index (χ4n) is 4.74. The third kappa shape index (κ3) is 6.05. The third-order valence-electron chi connectivity index (χ3n) is 6.90.